The Kier molecular flexibility index (Phi) is 3.57. The predicted octanol–water partition coefficient (Wildman–Crippen LogP) is 2.45. The summed E-state index contributed by atoms with van der Waals surface area (Å²) in [6, 6.07) is 2.05. The molecule has 18 heavy (non-hydrogen) atoms. The highest BCUT2D eigenvalue weighted by Gasteiger charge is 2.41. The first-order valence-corrected chi connectivity index (χ1v) is 6.78. The molecular weight excluding hydrogens is 224 g/mol. The lowest BCUT2D eigenvalue weighted by Gasteiger charge is -2.29. The molecule has 1 unspecified atom stereocenters. The van der Waals surface area contributed by atoms with Crippen molar-refractivity contribution in [2.75, 3.05) is 11.9 Å². The SMILES string of the molecule is Cc1cc(C(C)C)nc(NC(C)(CN)C2CC2)n1. The van der Waals surface area contributed by atoms with Crippen LogP contribution in [-0.4, -0.2) is 22.1 Å². The molecule has 0 radical (unpaired) electrons. The second-order valence-electron chi connectivity index (χ2n) is 5.93. The zero-order valence-corrected chi connectivity index (χ0v) is 11.8. The minimum Gasteiger partial charge on any atom is -0.347 e. The summed E-state index contributed by atoms with van der Waals surface area (Å²) in [6.45, 7) is 9.09. The normalized spacial score (nSPS) is 18.8. The van der Waals surface area contributed by atoms with Crippen molar-refractivity contribution in [1.29, 1.82) is 0 Å². The van der Waals surface area contributed by atoms with E-state index in [1.54, 1.807) is 0 Å². The Morgan fingerprint density at radius 2 is 2.11 bits per heavy atom. The maximum atomic E-state index is 5.91. The smallest absolute Gasteiger partial charge is 0.223 e. The summed E-state index contributed by atoms with van der Waals surface area (Å²) in [7, 11) is 0. The highest BCUT2D eigenvalue weighted by molar-refractivity contribution is 5.34. The van der Waals surface area contributed by atoms with Gasteiger partial charge in [-0.25, -0.2) is 9.97 Å². The second kappa shape index (κ2) is 4.84. The van der Waals surface area contributed by atoms with Gasteiger partial charge in [0.1, 0.15) is 0 Å². The van der Waals surface area contributed by atoms with Crippen LogP contribution >= 0.6 is 0 Å². The molecule has 3 N–H and O–H groups in total. The molecule has 1 atom stereocenters. The molecule has 1 aliphatic rings. The van der Waals surface area contributed by atoms with Crippen LogP contribution in [0.5, 0.6) is 0 Å². The first-order valence-electron chi connectivity index (χ1n) is 6.78. The van der Waals surface area contributed by atoms with E-state index >= 15 is 0 Å². The molecule has 100 valence electrons. The standard InChI is InChI=1S/C14H24N4/c1-9(2)12-7-10(3)16-13(17-12)18-14(4,8-15)11-5-6-11/h7,9,11H,5-6,8,15H2,1-4H3,(H,16,17,18). The number of nitrogens with zero attached hydrogens (tertiary/aromatic N) is 2. The summed E-state index contributed by atoms with van der Waals surface area (Å²) in [4.78, 5) is 9.08. The summed E-state index contributed by atoms with van der Waals surface area (Å²) in [5.74, 6) is 1.80. The zero-order valence-electron chi connectivity index (χ0n) is 11.8. The van der Waals surface area contributed by atoms with E-state index in [0.717, 1.165) is 17.3 Å². The van der Waals surface area contributed by atoms with Crippen LogP contribution < -0.4 is 11.1 Å². The maximum absolute atomic E-state index is 5.91. The van der Waals surface area contributed by atoms with E-state index in [1.807, 2.05) is 13.0 Å². The van der Waals surface area contributed by atoms with Crippen LogP contribution in [0.1, 0.15) is 50.9 Å². The molecule has 0 spiro atoms. The zero-order chi connectivity index (χ0) is 13.3. The molecule has 1 aromatic heterocycles. The van der Waals surface area contributed by atoms with E-state index in [2.05, 4.69) is 36.1 Å². The van der Waals surface area contributed by atoms with Crippen LogP contribution in [0.25, 0.3) is 0 Å². The highest BCUT2D eigenvalue weighted by Crippen LogP contribution is 2.40. The van der Waals surface area contributed by atoms with Crippen molar-refractivity contribution in [3.8, 4) is 0 Å². The van der Waals surface area contributed by atoms with Crippen LogP contribution in [0.3, 0.4) is 0 Å². The first-order chi connectivity index (χ1) is 8.44. The number of aryl methyl sites for hydroxylation is 1. The Morgan fingerprint density at radius 1 is 1.44 bits per heavy atom. The van der Waals surface area contributed by atoms with Crippen molar-refractivity contribution < 1.29 is 0 Å². The van der Waals surface area contributed by atoms with E-state index in [0.29, 0.717) is 18.4 Å². The van der Waals surface area contributed by atoms with E-state index in [4.69, 9.17) is 5.73 Å². The molecule has 1 heterocycles. The van der Waals surface area contributed by atoms with E-state index in [9.17, 15) is 0 Å². The molecule has 1 fully saturated rings. The third-order valence-electron chi connectivity index (χ3n) is 3.77. The van der Waals surface area contributed by atoms with Crippen molar-refractivity contribution in [2.24, 2.45) is 11.7 Å². The Balaban J connectivity index is 2.22. The van der Waals surface area contributed by atoms with Crippen molar-refractivity contribution in [3.05, 3.63) is 17.5 Å². The Morgan fingerprint density at radius 3 is 2.61 bits per heavy atom. The highest BCUT2D eigenvalue weighted by atomic mass is 15.2. The van der Waals surface area contributed by atoms with Gasteiger partial charge in [-0.1, -0.05) is 13.8 Å². The fourth-order valence-corrected chi connectivity index (χ4v) is 2.24. The van der Waals surface area contributed by atoms with Gasteiger partial charge in [-0.3, -0.25) is 0 Å². The third kappa shape index (κ3) is 2.80. The van der Waals surface area contributed by atoms with Gasteiger partial charge < -0.3 is 11.1 Å². The summed E-state index contributed by atoms with van der Waals surface area (Å²) >= 11 is 0. The van der Waals surface area contributed by atoms with Crippen LogP contribution in [0.2, 0.25) is 0 Å². The molecular formula is C14H24N4. The van der Waals surface area contributed by atoms with Crippen molar-refractivity contribution in [2.45, 2.75) is 52.0 Å². The lowest BCUT2D eigenvalue weighted by molar-refractivity contribution is 0.455. The number of aromatic nitrogens is 2. The molecule has 1 aromatic rings. The molecule has 0 bridgehead atoms. The minimum atomic E-state index is -0.0674. The van der Waals surface area contributed by atoms with Crippen LogP contribution in [0.4, 0.5) is 5.95 Å². The summed E-state index contributed by atoms with van der Waals surface area (Å²) in [5.41, 5.74) is 7.94. The van der Waals surface area contributed by atoms with E-state index in [-0.39, 0.29) is 5.54 Å². The number of hydrogen-bond acceptors (Lipinski definition) is 4. The number of rotatable bonds is 5. The van der Waals surface area contributed by atoms with Gasteiger partial charge in [0.05, 0.1) is 5.54 Å². The summed E-state index contributed by atoms with van der Waals surface area (Å²) < 4.78 is 0. The number of nitrogens with two attached hydrogens (primary N) is 1. The van der Waals surface area contributed by atoms with Gasteiger partial charge in [0.15, 0.2) is 0 Å². The maximum Gasteiger partial charge on any atom is 0.223 e. The molecule has 0 amide bonds. The molecule has 0 saturated heterocycles. The van der Waals surface area contributed by atoms with Gasteiger partial charge in [-0.2, -0.15) is 0 Å². The molecule has 0 aromatic carbocycles. The van der Waals surface area contributed by atoms with Crippen LogP contribution in [0, 0.1) is 12.8 Å². The first kappa shape index (κ1) is 13.3. The number of anilines is 1. The van der Waals surface area contributed by atoms with Gasteiger partial charge >= 0.3 is 0 Å². The lowest BCUT2D eigenvalue weighted by atomic mass is 9.96. The second-order valence-corrected chi connectivity index (χ2v) is 5.93. The fraction of sp³-hybridized carbons (Fsp3) is 0.714. The largest absolute Gasteiger partial charge is 0.347 e. The third-order valence-corrected chi connectivity index (χ3v) is 3.77. The van der Waals surface area contributed by atoms with Gasteiger partial charge in [0.25, 0.3) is 0 Å². The van der Waals surface area contributed by atoms with E-state index < -0.39 is 0 Å². The molecule has 1 aliphatic carbocycles. The predicted molar refractivity (Wildman–Crippen MR) is 74.7 cm³/mol. The average Bonchev–Trinajstić information content (AvgIpc) is 3.12. The van der Waals surface area contributed by atoms with E-state index in [1.165, 1.54) is 12.8 Å². The van der Waals surface area contributed by atoms with Crippen molar-refractivity contribution >= 4 is 5.95 Å². The van der Waals surface area contributed by atoms with Crippen molar-refractivity contribution in [1.82, 2.24) is 9.97 Å². The van der Waals surface area contributed by atoms with Gasteiger partial charge in [-0.15, -0.1) is 0 Å². The minimum absolute atomic E-state index is 0.0674. The number of hydrogen-bond donors (Lipinski definition) is 2. The lowest BCUT2D eigenvalue weighted by Crippen LogP contribution is -2.45. The Hall–Kier alpha value is -1.16. The molecule has 1 saturated carbocycles. The summed E-state index contributed by atoms with van der Waals surface area (Å²) in [6.07, 6.45) is 2.51. The average molecular weight is 248 g/mol. The van der Waals surface area contributed by atoms with Gasteiger partial charge in [0, 0.05) is 17.9 Å². The van der Waals surface area contributed by atoms with Crippen LogP contribution in [0.15, 0.2) is 6.07 Å². The van der Waals surface area contributed by atoms with Crippen molar-refractivity contribution in [3.63, 3.8) is 0 Å². The molecule has 4 heteroatoms. The topological polar surface area (TPSA) is 63.8 Å². The Bertz CT molecular complexity index is 426. The monoisotopic (exact) mass is 248 g/mol. The molecule has 2 rings (SSSR count). The number of nitrogens with one attached hydrogen (secondary N) is 1. The van der Waals surface area contributed by atoms with Crippen LogP contribution in [-0.2, 0) is 0 Å². The van der Waals surface area contributed by atoms with Gasteiger partial charge in [-0.05, 0) is 44.6 Å². The molecule has 0 aliphatic heterocycles. The quantitative estimate of drug-likeness (QED) is 0.840. The fourth-order valence-electron chi connectivity index (χ4n) is 2.24. The Labute approximate surface area is 109 Å². The molecule has 4 nitrogen and oxygen atoms in total. The van der Waals surface area contributed by atoms with Gasteiger partial charge in [0.2, 0.25) is 5.95 Å². The summed E-state index contributed by atoms with van der Waals surface area (Å²) in [5, 5.41) is 3.46.